The van der Waals surface area contributed by atoms with Gasteiger partial charge >= 0.3 is 6.03 Å². The van der Waals surface area contributed by atoms with Crippen LogP contribution >= 0.6 is 23.2 Å². The fraction of sp³-hybridized carbons (Fsp3) is 0.462. The monoisotopic (exact) mass is 286 g/mol. The average Bonchev–Trinajstić information content (AvgIpc) is 2.33. The molecule has 0 aromatic heterocycles. The van der Waals surface area contributed by atoms with Gasteiger partial charge in [-0.3, -0.25) is 0 Å². The van der Waals surface area contributed by atoms with Crippen molar-refractivity contribution in [2.45, 2.75) is 32.2 Å². The second-order valence-electron chi connectivity index (χ2n) is 4.59. The van der Waals surface area contributed by atoms with Gasteiger partial charge in [0.15, 0.2) is 0 Å². The Morgan fingerprint density at radius 3 is 2.83 bits per heavy atom. The topological polar surface area (TPSA) is 32.3 Å². The highest BCUT2D eigenvalue weighted by Crippen LogP contribution is 2.26. The van der Waals surface area contributed by atoms with Crippen LogP contribution in [0.3, 0.4) is 0 Å². The molecule has 0 aliphatic carbocycles. The highest BCUT2D eigenvalue weighted by atomic mass is 35.5. The average molecular weight is 287 g/mol. The zero-order valence-electron chi connectivity index (χ0n) is 10.2. The van der Waals surface area contributed by atoms with Gasteiger partial charge in [0.2, 0.25) is 0 Å². The Kier molecular flexibility index (Phi) is 4.36. The molecule has 1 atom stereocenters. The summed E-state index contributed by atoms with van der Waals surface area (Å²) in [5.41, 5.74) is 0.601. The van der Waals surface area contributed by atoms with Crippen LogP contribution in [0.1, 0.15) is 26.2 Å². The van der Waals surface area contributed by atoms with Gasteiger partial charge in [-0.25, -0.2) is 4.79 Å². The largest absolute Gasteiger partial charge is 0.322 e. The lowest BCUT2D eigenvalue weighted by Crippen LogP contribution is -2.44. The number of halogens is 2. The second-order valence-corrected chi connectivity index (χ2v) is 5.44. The van der Waals surface area contributed by atoms with Gasteiger partial charge in [-0.05, 0) is 44.4 Å². The molecule has 1 fully saturated rings. The van der Waals surface area contributed by atoms with E-state index in [0.717, 1.165) is 19.4 Å². The first-order valence-electron chi connectivity index (χ1n) is 6.10. The summed E-state index contributed by atoms with van der Waals surface area (Å²) in [6.45, 7) is 2.88. The van der Waals surface area contributed by atoms with Gasteiger partial charge in [0, 0.05) is 17.6 Å². The highest BCUT2D eigenvalue weighted by Gasteiger charge is 2.23. The van der Waals surface area contributed by atoms with Crippen LogP contribution < -0.4 is 5.32 Å². The van der Waals surface area contributed by atoms with Crippen molar-refractivity contribution in [1.29, 1.82) is 0 Å². The van der Waals surface area contributed by atoms with Crippen LogP contribution in [0.25, 0.3) is 0 Å². The van der Waals surface area contributed by atoms with E-state index in [-0.39, 0.29) is 12.1 Å². The summed E-state index contributed by atoms with van der Waals surface area (Å²) in [6, 6.07) is 5.24. The Labute approximate surface area is 117 Å². The summed E-state index contributed by atoms with van der Waals surface area (Å²) in [6.07, 6.45) is 3.31. The number of hydrogen-bond acceptors (Lipinski definition) is 1. The van der Waals surface area contributed by atoms with Crippen molar-refractivity contribution in [3.05, 3.63) is 28.2 Å². The van der Waals surface area contributed by atoms with Crippen molar-refractivity contribution in [3.8, 4) is 0 Å². The van der Waals surface area contributed by atoms with Crippen LogP contribution in [-0.2, 0) is 0 Å². The summed E-state index contributed by atoms with van der Waals surface area (Å²) >= 11 is 11.8. The molecule has 0 unspecified atom stereocenters. The number of urea groups is 1. The van der Waals surface area contributed by atoms with Crippen molar-refractivity contribution in [3.63, 3.8) is 0 Å². The molecule has 18 heavy (non-hydrogen) atoms. The number of hydrogen-bond donors (Lipinski definition) is 1. The quantitative estimate of drug-likeness (QED) is 0.815. The van der Waals surface area contributed by atoms with Crippen LogP contribution in [0.5, 0.6) is 0 Å². The van der Waals surface area contributed by atoms with Gasteiger partial charge < -0.3 is 10.2 Å². The van der Waals surface area contributed by atoms with Crippen LogP contribution in [0.4, 0.5) is 10.5 Å². The van der Waals surface area contributed by atoms with Crippen molar-refractivity contribution in [1.82, 2.24) is 4.90 Å². The molecular formula is C13H16Cl2N2O. The van der Waals surface area contributed by atoms with Crippen molar-refractivity contribution in [2.24, 2.45) is 0 Å². The van der Waals surface area contributed by atoms with Crippen molar-refractivity contribution >= 4 is 34.9 Å². The molecule has 0 spiro atoms. The first-order chi connectivity index (χ1) is 8.58. The molecule has 1 aliphatic heterocycles. The van der Waals surface area contributed by atoms with Crippen LogP contribution in [-0.4, -0.2) is 23.5 Å². The number of nitrogens with zero attached hydrogens (tertiary/aromatic N) is 1. The maximum Gasteiger partial charge on any atom is 0.322 e. The van der Waals surface area contributed by atoms with Gasteiger partial charge in [-0.2, -0.15) is 0 Å². The molecule has 0 saturated carbocycles. The molecule has 0 radical (unpaired) electrons. The number of carbonyl (C=O) groups is 1. The summed E-state index contributed by atoms with van der Waals surface area (Å²) in [4.78, 5) is 14.0. The molecule has 1 heterocycles. The molecular weight excluding hydrogens is 271 g/mol. The molecule has 98 valence electrons. The standard InChI is InChI=1S/C13H16Cl2N2O/c1-9-4-2-3-7-17(9)13(18)16-12-6-5-10(14)8-11(12)15/h5-6,8-9H,2-4,7H2,1H3,(H,16,18)/t9-/m0/s1. The second kappa shape index (κ2) is 5.81. The van der Waals surface area contributed by atoms with Crippen LogP contribution in [0, 0.1) is 0 Å². The first-order valence-corrected chi connectivity index (χ1v) is 6.86. The fourth-order valence-corrected chi connectivity index (χ4v) is 2.63. The third-order valence-corrected chi connectivity index (χ3v) is 3.78. The normalized spacial score (nSPS) is 19.7. The van der Waals surface area contributed by atoms with E-state index in [9.17, 15) is 4.79 Å². The lowest BCUT2D eigenvalue weighted by molar-refractivity contribution is 0.170. The SMILES string of the molecule is C[C@H]1CCCCN1C(=O)Nc1ccc(Cl)cc1Cl. The molecule has 1 aliphatic rings. The van der Waals surface area contributed by atoms with Gasteiger partial charge in [-0.1, -0.05) is 23.2 Å². The fourth-order valence-electron chi connectivity index (χ4n) is 2.18. The number of carbonyl (C=O) groups excluding carboxylic acids is 1. The number of nitrogens with one attached hydrogen (secondary N) is 1. The minimum absolute atomic E-state index is 0.0913. The van der Waals surface area contributed by atoms with Gasteiger partial charge in [0.25, 0.3) is 0 Å². The number of rotatable bonds is 1. The Bertz CT molecular complexity index is 451. The lowest BCUT2D eigenvalue weighted by atomic mass is 10.0. The molecule has 1 aromatic rings. The molecule has 1 aromatic carbocycles. The third kappa shape index (κ3) is 3.09. The maximum absolute atomic E-state index is 12.1. The van der Waals surface area contributed by atoms with Crippen molar-refractivity contribution in [2.75, 3.05) is 11.9 Å². The zero-order valence-corrected chi connectivity index (χ0v) is 11.8. The number of anilines is 1. The van der Waals surface area contributed by atoms with Gasteiger partial charge in [-0.15, -0.1) is 0 Å². The minimum Gasteiger partial charge on any atom is -0.322 e. The predicted molar refractivity (Wildman–Crippen MR) is 75.5 cm³/mol. The van der Waals surface area contributed by atoms with E-state index in [1.54, 1.807) is 18.2 Å². The maximum atomic E-state index is 12.1. The van der Waals surface area contributed by atoms with E-state index in [1.807, 2.05) is 4.90 Å². The van der Waals surface area contributed by atoms with Crippen LogP contribution in [0.2, 0.25) is 10.0 Å². The number of likely N-dealkylation sites (tertiary alicyclic amines) is 1. The molecule has 1 N–H and O–H groups in total. The zero-order chi connectivity index (χ0) is 13.1. The highest BCUT2D eigenvalue weighted by molar-refractivity contribution is 6.36. The van der Waals surface area contributed by atoms with Gasteiger partial charge in [0.1, 0.15) is 0 Å². The summed E-state index contributed by atoms with van der Waals surface area (Å²) in [5, 5.41) is 3.85. The summed E-state index contributed by atoms with van der Waals surface area (Å²) in [5.74, 6) is 0. The van der Waals surface area contributed by atoms with E-state index in [1.165, 1.54) is 6.42 Å². The van der Waals surface area contributed by atoms with E-state index >= 15 is 0 Å². The smallest absolute Gasteiger partial charge is 0.322 e. The van der Waals surface area contributed by atoms with E-state index in [2.05, 4.69) is 12.2 Å². The van der Waals surface area contributed by atoms with E-state index in [4.69, 9.17) is 23.2 Å². The summed E-state index contributed by atoms with van der Waals surface area (Å²) < 4.78 is 0. The molecule has 1 saturated heterocycles. The number of amides is 2. The molecule has 3 nitrogen and oxygen atoms in total. The van der Waals surface area contributed by atoms with E-state index in [0.29, 0.717) is 15.7 Å². The van der Waals surface area contributed by atoms with Crippen LogP contribution in [0.15, 0.2) is 18.2 Å². The Hall–Kier alpha value is -0.930. The Morgan fingerprint density at radius 1 is 1.39 bits per heavy atom. The first kappa shape index (κ1) is 13.5. The summed E-state index contributed by atoms with van der Waals surface area (Å²) in [7, 11) is 0. The third-order valence-electron chi connectivity index (χ3n) is 3.24. The number of piperidine rings is 1. The Morgan fingerprint density at radius 2 is 2.17 bits per heavy atom. The van der Waals surface area contributed by atoms with Gasteiger partial charge in [0.05, 0.1) is 10.7 Å². The molecule has 2 amide bonds. The lowest BCUT2D eigenvalue weighted by Gasteiger charge is -2.33. The minimum atomic E-state index is -0.0913. The van der Waals surface area contributed by atoms with E-state index < -0.39 is 0 Å². The molecule has 2 rings (SSSR count). The molecule has 5 heteroatoms. The predicted octanol–water partition coefficient (Wildman–Crippen LogP) is 4.40. The molecule has 0 bridgehead atoms. The Balaban J connectivity index is 2.06. The number of benzene rings is 1. The van der Waals surface area contributed by atoms with Crippen molar-refractivity contribution < 1.29 is 4.79 Å².